The first kappa shape index (κ1) is 27.0. The molecule has 0 spiro atoms. The minimum Gasteiger partial charge on any atom is -0.487 e. The molecule has 9 nitrogen and oxygen atoms in total. The normalized spacial score (nSPS) is 19.3. The lowest BCUT2D eigenvalue weighted by Gasteiger charge is -2.31. The van der Waals surface area contributed by atoms with Gasteiger partial charge in [-0.2, -0.15) is 0 Å². The predicted molar refractivity (Wildman–Crippen MR) is 154 cm³/mol. The highest BCUT2D eigenvalue weighted by Crippen LogP contribution is 2.41. The summed E-state index contributed by atoms with van der Waals surface area (Å²) in [6.45, 7) is 12.5. The monoisotopic (exact) mass is 558 g/mol. The van der Waals surface area contributed by atoms with Gasteiger partial charge in [0.25, 0.3) is 5.91 Å². The second-order valence-electron chi connectivity index (χ2n) is 12.1. The molecule has 1 fully saturated rings. The number of carbonyl (C=O) groups is 2. The summed E-state index contributed by atoms with van der Waals surface area (Å²) < 4.78 is 23.5. The van der Waals surface area contributed by atoms with Gasteiger partial charge in [-0.3, -0.25) is 9.59 Å². The fourth-order valence-corrected chi connectivity index (χ4v) is 6.55. The number of anilines is 2. The zero-order valence-electron chi connectivity index (χ0n) is 23.7. The number of halogens is 1. The Morgan fingerprint density at radius 1 is 1.22 bits per heavy atom. The summed E-state index contributed by atoms with van der Waals surface area (Å²) in [4.78, 5) is 37.6. The van der Waals surface area contributed by atoms with E-state index in [4.69, 9.17) is 10.5 Å². The van der Waals surface area contributed by atoms with Crippen LogP contribution in [0.25, 0.3) is 11.3 Å². The molecule has 0 radical (unpaired) electrons. The minimum absolute atomic E-state index is 0.102. The van der Waals surface area contributed by atoms with Gasteiger partial charge in [0, 0.05) is 43.4 Å². The molecule has 214 valence electrons. The van der Waals surface area contributed by atoms with Crippen molar-refractivity contribution < 1.29 is 18.7 Å². The van der Waals surface area contributed by atoms with Crippen LogP contribution in [0.15, 0.2) is 37.2 Å². The van der Waals surface area contributed by atoms with E-state index in [0.717, 1.165) is 19.3 Å². The average Bonchev–Trinajstić information content (AvgIpc) is 3.62. The van der Waals surface area contributed by atoms with Gasteiger partial charge in [0.05, 0.1) is 12.3 Å². The van der Waals surface area contributed by atoms with E-state index in [-0.39, 0.29) is 34.7 Å². The fraction of sp³-hybridized carbons (Fsp3) is 0.419. The third kappa shape index (κ3) is 4.75. The molecule has 4 heterocycles. The van der Waals surface area contributed by atoms with Gasteiger partial charge in [0.15, 0.2) is 11.6 Å². The van der Waals surface area contributed by atoms with E-state index in [1.54, 1.807) is 9.80 Å². The van der Waals surface area contributed by atoms with Crippen LogP contribution in [0.2, 0.25) is 0 Å². The van der Waals surface area contributed by atoms with Crippen LogP contribution in [0, 0.1) is 24.1 Å². The maximum atomic E-state index is 15.2. The van der Waals surface area contributed by atoms with Crippen molar-refractivity contribution in [1.82, 2.24) is 19.4 Å². The Bertz CT molecular complexity index is 1580. The first-order chi connectivity index (χ1) is 19.6. The topological polar surface area (TPSA) is 107 Å². The number of nitrogens with two attached hydrogens (primary N) is 1. The van der Waals surface area contributed by atoms with E-state index >= 15 is 4.39 Å². The smallest absolute Gasteiger partial charge is 0.274 e. The maximum Gasteiger partial charge on any atom is 0.274 e. The van der Waals surface area contributed by atoms with Crippen molar-refractivity contribution in [1.29, 1.82) is 0 Å². The number of fused-ring (bicyclic) bond motifs is 3. The molecule has 41 heavy (non-hydrogen) atoms. The molecule has 3 aliphatic rings. The highest BCUT2D eigenvalue weighted by molar-refractivity contribution is 6.07. The zero-order valence-corrected chi connectivity index (χ0v) is 23.7. The van der Waals surface area contributed by atoms with Crippen molar-refractivity contribution >= 4 is 23.3 Å². The molecule has 0 unspecified atom stereocenters. The summed E-state index contributed by atoms with van der Waals surface area (Å²) in [5.74, 6) is -0.227. The van der Waals surface area contributed by atoms with Gasteiger partial charge in [-0.15, -0.1) is 0 Å². The molecule has 2 amide bonds. The Morgan fingerprint density at radius 2 is 2.02 bits per heavy atom. The summed E-state index contributed by atoms with van der Waals surface area (Å²) in [5.41, 5.74) is 11.6. The zero-order chi connectivity index (χ0) is 29.1. The predicted octanol–water partition coefficient (Wildman–Crippen LogP) is 4.17. The number of amides is 2. The van der Waals surface area contributed by atoms with E-state index in [0.29, 0.717) is 61.0 Å². The molecule has 1 aromatic carbocycles. The van der Waals surface area contributed by atoms with Crippen LogP contribution in [0.3, 0.4) is 0 Å². The van der Waals surface area contributed by atoms with Crippen LogP contribution in [0.5, 0.6) is 5.75 Å². The van der Waals surface area contributed by atoms with Crippen LogP contribution in [0.4, 0.5) is 15.9 Å². The van der Waals surface area contributed by atoms with Crippen LogP contribution in [-0.4, -0.2) is 57.5 Å². The second kappa shape index (κ2) is 10.0. The van der Waals surface area contributed by atoms with Gasteiger partial charge in [0.1, 0.15) is 23.5 Å². The highest BCUT2D eigenvalue weighted by Gasteiger charge is 2.37. The number of hydrogen-bond donors (Lipinski definition) is 1. The van der Waals surface area contributed by atoms with Crippen LogP contribution < -0.4 is 15.4 Å². The molecule has 1 aliphatic carbocycles. The van der Waals surface area contributed by atoms with Gasteiger partial charge >= 0.3 is 0 Å². The van der Waals surface area contributed by atoms with Gasteiger partial charge in [0.2, 0.25) is 5.91 Å². The first-order valence-electron chi connectivity index (χ1n) is 14.0. The van der Waals surface area contributed by atoms with Crippen molar-refractivity contribution in [3.63, 3.8) is 0 Å². The molecule has 2 N–H and O–H groups in total. The van der Waals surface area contributed by atoms with Crippen LogP contribution in [0.1, 0.15) is 47.6 Å². The number of carbonyl (C=O) groups excluding carboxylic acids is 2. The number of ether oxygens (including phenoxy) is 1. The van der Waals surface area contributed by atoms with Crippen molar-refractivity contribution in [2.45, 2.75) is 46.6 Å². The van der Waals surface area contributed by atoms with Gasteiger partial charge in [-0.25, -0.2) is 14.4 Å². The standard InChI is InChI=1S/C31H35FN6O3/c1-5-26(39)36-7-6-19(15-36)16-41-28-27(34-17-35-29(28)33)22-11-21(32)12-23(18(22)2)38-9-8-37-24(30(38)40)10-20-13-31(3,4)14-25(20)37/h5,10-12,17,19H,1,6-9,13-16H2,2-4H3,(H2,33,34,35)/t19-/m1/s1. The number of nitrogens with zero attached hydrogens (tertiary/aromatic N) is 5. The summed E-state index contributed by atoms with van der Waals surface area (Å²) in [6.07, 6.45) is 5.31. The minimum atomic E-state index is -0.490. The number of nitrogen functional groups attached to an aromatic ring is 1. The highest BCUT2D eigenvalue weighted by atomic mass is 19.1. The van der Waals surface area contributed by atoms with Crippen LogP contribution in [-0.2, 0) is 24.2 Å². The van der Waals surface area contributed by atoms with Crippen molar-refractivity contribution in [3.8, 4) is 17.0 Å². The lowest BCUT2D eigenvalue weighted by Crippen LogP contribution is -2.41. The van der Waals surface area contributed by atoms with E-state index in [1.165, 1.54) is 35.8 Å². The molecule has 1 atom stereocenters. The average molecular weight is 559 g/mol. The van der Waals surface area contributed by atoms with Crippen molar-refractivity contribution in [3.05, 3.63) is 65.5 Å². The Hall–Kier alpha value is -4.21. The van der Waals surface area contributed by atoms with E-state index < -0.39 is 5.82 Å². The van der Waals surface area contributed by atoms with Crippen molar-refractivity contribution in [2.24, 2.45) is 11.3 Å². The Labute approximate surface area is 238 Å². The molecule has 3 aromatic rings. The molecular weight excluding hydrogens is 523 g/mol. The van der Waals surface area contributed by atoms with Gasteiger partial charge < -0.3 is 24.8 Å². The molecule has 1 saturated heterocycles. The molecule has 10 heteroatoms. The largest absolute Gasteiger partial charge is 0.487 e. The molecule has 6 rings (SSSR count). The molecule has 0 bridgehead atoms. The first-order valence-corrected chi connectivity index (χ1v) is 14.0. The molecule has 2 aromatic heterocycles. The van der Waals surface area contributed by atoms with Crippen LogP contribution >= 0.6 is 0 Å². The summed E-state index contributed by atoms with van der Waals surface area (Å²) in [6, 6.07) is 4.81. The van der Waals surface area contributed by atoms with Crippen molar-refractivity contribution in [2.75, 3.05) is 36.9 Å². The molecule has 2 aliphatic heterocycles. The number of benzene rings is 1. The fourth-order valence-electron chi connectivity index (χ4n) is 6.55. The number of rotatable bonds is 6. The van der Waals surface area contributed by atoms with Gasteiger partial charge in [-0.1, -0.05) is 20.4 Å². The lowest BCUT2D eigenvalue weighted by molar-refractivity contribution is -0.125. The maximum absolute atomic E-state index is 15.2. The third-order valence-electron chi connectivity index (χ3n) is 8.58. The third-order valence-corrected chi connectivity index (χ3v) is 8.58. The summed E-state index contributed by atoms with van der Waals surface area (Å²) >= 11 is 0. The molecule has 0 saturated carbocycles. The Balaban J connectivity index is 1.29. The van der Waals surface area contributed by atoms with E-state index in [2.05, 4.69) is 35.0 Å². The SMILES string of the molecule is C=CC(=O)N1CC[C@@H](COc2c(N)ncnc2-c2cc(F)cc(N3CCn4c(cc5c4CC(C)(C)C5)C3=O)c2C)C1. The molecular formula is C31H35FN6O3. The number of aromatic nitrogens is 3. The van der Waals surface area contributed by atoms with E-state index in [9.17, 15) is 9.59 Å². The number of hydrogen-bond acceptors (Lipinski definition) is 6. The lowest BCUT2D eigenvalue weighted by atomic mass is 9.90. The Morgan fingerprint density at radius 3 is 2.80 bits per heavy atom. The Kier molecular flexibility index (Phi) is 6.59. The second-order valence-corrected chi connectivity index (χ2v) is 12.1. The summed E-state index contributed by atoms with van der Waals surface area (Å²) in [5, 5.41) is 0. The van der Waals surface area contributed by atoms with E-state index in [1.807, 2.05) is 13.0 Å². The summed E-state index contributed by atoms with van der Waals surface area (Å²) in [7, 11) is 0. The quantitative estimate of drug-likeness (QED) is 0.455. The number of likely N-dealkylation sites (tertiary alicyclic amines) is 1. The van der Waals surface area contributed by atoms with Gasteiger partial charge in [-0.05, 0) is 67.0 Å².